The molecule has 0 aromatic carbocycles. The number of amides is 1. The Morgan fingerprint density at radius 3 is 3.12 bits per heavy atom. The van der Waals surface area contributed by atoms with Crippen molar-refractivity contribution < 1.29 is 4.79 Å². The topological polar surface area (TPSA) is 41.1 Å². The van der Waals surface area contributed by atoms with Crippen molar-refractivity contribution >= 4 is 28.8 Å². The minimum absolute atomic E-state index is 0.0229. The van der Waals surface area contributed by atoms with Crippen LogP contribution in [0.1, 0.15) is 29.8 Å². The van der Waals surface area contributed by atoms with Crippen LogP contribution in [0.3, 0.4) is 0 Å². The molecule has 1 heterocycles. The van der Waals surface area contributed by atoms with Crippen molar-refractivity contribution in [3.8, 4) is 0 Å². The molecule has 5 heteroatoms. The monoisotopic (exact) mass is 258 g/mol. The van der Waals surface area contributed by atoms with Gasteiger partial charge in [-0.3, -0.25) is 10.1 Å². The SMILES string of the molecule is CNC(=O)[C@@H](C)NC1CCc2sc(Cl)cc21. The number of likely N-dealkylation sites (N-methyl/N-ethyl adjacent to an activating group) is 1. The minimum atomic E-state index is -0.167. The van der Waals surface area contributed by atoms with E-state index in [1.165, 1.54) is 10.4 Å². The Morgan fingerprint density at radius 1 is 1.69 bits per heavy atom. The zero-order valence-electron chi connectivity index (χ0n) is 9.34. The summed E-state index contributed by atoms with van der Waals surface area (Å²) in [6, 6.07) is 2.12. The van der Waals surface area contributed by atoms with Crippen LogP contribution in [0, 0.1) is 0 Å². The van der Waals surface area contributed by atoms with Crippen LogP contribution in [0.25, 0.3) is 0 Å². The summed E-state index contributed by atoms with van der Waals surface area (Å²) in [6.07, 6.45) is 2.12. The van der Waals surface area contributed by atoms with Crippen molar-refractivity contribution in [3.05, 3.63) is 20.8 Å². The molecule has 1 aliphatic rings. The Bertz CT molecular complexity index is 405. The summed E-state index contributed by atoms with van der Waals surface area (Å²) < 4.78 is 0.837. The fraction of sp³-hybridized carbons (Fsp3) is 0.545. The maximum Gasteiger partial charge on any atom is 0.236 e. The molecule has 1 aliphatic carbocycles. The van der Waals surface area contributed by atoms with E-state index < -0.39 is 0 Å². The highest BCUT2D eigenvalue weighted by Crippen LogP contribution is 2.39. The van der Waals surface area contributed by atoms with Gasteiger partial charge in [0.05, 0.1) is 10.4 Å². The molecule has 0 radical (unpaired) electrons. The Labute approximate surface area is 104 Å². The first kappa shape index (κ1) is 11.9. The van der Waals surface area contributed by atoms with Crippen LogP contribution >= 0.6 is 22.9 Å². The molecule has 88 valence electrons. The zero-order chi connectivity index (χ0) is 11.7. The van der Waals surface area contributed by atoms with Crippen LogP contribution in [-0.2, 0) is 11.2 Å². The molecule has 16 heavy (non-hydrogen) atoms. The van der Waals surface area contributed by atoms with Crippen LogP contribution < -0.4 is 10.6 Å². The normalized spacial score (nSPS) is 20.6. The predicted octanol–water partition coefficient (Wildman–Crippen LogP) is 2.11. The lowest BCUT2D eigenvalue weighted by Gasteiger charge is -2.18. The average molecular weight is 259 g/mol. The van der Waals surface area contributed by atoms with Crippen molar-refractivity contribution in [2.75, 3.05) is 7.05 Å². The highest BCUT2D eigenvalue weighted by atomic mass is 35.5. The van der Waals surface area contributed by atoms with Gasteiger partial charge in [0, 0.05) is 18.0 Å². The number of carbonyl (C=O) groups is 1. The van der Waals surface area contributed by atoms with Crippen molar-refractivity contribution in [2.24, 2.45) is 0 Å². The van der Waals surface area contributed by atoms with Gasteiger partial charge in [-0.15, -0.1) is 11.3 Å². The fourth-order valence-corrected chi connectivity index (χ4v) is 3.45. The molecule has 2 N–H and O–H groups in total. The van der Waals surface area contributed by atoms with Crippen LogP contribution in [0.5, 0.6) is 0 Å². The number of aryl methyl sites for hydroxylation is 1. The summed E-state index contributed by atoms with van der Waals surface area (Å²) in [5, 5.41) is 5.98. The van der Waals surface area contributed by atoms with Crippen molar-refractivity contribution in [1.82, 2.24) is 10.6 Å². The van der Waals surface area contributed by atoms with Gasteiger partial charge in [-0.1, -0.05) is 11.6 Å². The number of halogens is 1. The molecule has 0 saturated heterocycles. The van der Waals surface area contributed by atoms with Gasteiger partial charge in [0.2, 0.25) is 5.91 Å². The van der Waals surface area contributed by atoms with E-state index in [0.717, 1.165) is 17.2 Å². The van der Waals surface area contributed by atoms with E-state index in [1.54, 1.807) is 18.4 Å². The number of rotatable bonds is 3. The quantitative estimate of drug-likeness (QED) is 0.872. The summed E-state index contributed by atoms with van der Waals surface area (Å²) in [7, 11) is 1.65. The molecule has 0 spiro atoms. The first-order chi connectivity index (χ1) is 7.61. The molecule has 2 rings (SSSR count). The lowest BCUT2D eigenvalue weighted by molar-refractivity contribution is -0.122. The van der Waals surface area contributed by atoms with Gasteiger partial charge in [0.15, 0.2) is 0 Å². The number of fused-ring (bicyclic) bond motifs is 1. The summed E-state index contributed by atoms with van der Waals surface area (Å²) in [4.78, 5) is 12.8. The Kier molecular flexibility index (Phi) is 3.52. The third kappa shape index (κ3) is 2.24. The maximum absolute atomic E-state index is 11.4. The van der Waals surface area contributed by atoms with E-state index in [4.69, 9.17) is 11.6 Å². The molecule has 1 unspecified atom stereocenters. The first-order valence-electron chi connectivity index (χ1n) is 5.37. The van der Waals surface area contributed by atoms with E-state index in [0.29, 0.717) is 0 Å². The van der Waals surface area contributed by atoms with Gasteiger partial charge in [-0.2, -0.15) is 0 Å². The van der Waals surface area contributed by atoms with Gasteiger partial charge in [0.1, 0.15) is 0 Å². The second-order valence-corrected chi connectivity index (χ2v) is 5.79. The van der Waals surface area contributed by atoms with Gasteiger partial charge in [0.25, 0.3) is 0 Å². The minimum Gasteiger partial charge on any atom is -0.358 e. The first-order valence-corrected chi connectivity index (χ1v) is 6.57. The second-order valence-electron chi connectivity index (χ2n) is 4.02. The highest BCUT2D eigenvalue weighted by molar-refractivity contribution is 7.16. The van der Waals surface area contributed by atoms with Crippen LogP contribution in [0.4, 0.5) is 0 Å². The lowest BCUT2D eigenvalue weighted by Crippen LogP contribution is -2.41. The van der Waals surface area contributed by atoms with Crippen molar-refractivity contribution in [1.29, 1.82) is 0 Å². The summed E-state index contributed by atoms with van der Waals surface area (Å²) in [5.41, 5.74) is 1.27. The molecule has 3 nitrogen and oxygen atoms in total. The fourth-order valence-electron chi connectivity index (χ4n) is 2.10. The zero-order valence-corrected chi connectivity index (χ0v) is 10.9. The third-order valence-corrected chi connectivity index (χ3v) is 4.28. The molecule has 0 aliphatic heterocycles. The summed E-state index contributed by atoms with van der Waals surface area (Å²) in [5.74, 6) is 0.0229. The Balaban J connectivity index is 2.05. The molecular weight excluding hydrogens is 244 g/mol. The van der Waals surface area contributed by atoms with Gasteiger partial charge < -0.3 is 5.32 Å². The second kappa shape index (κ2) is 4.73. The smallest absolute Gasteiger partial charge is 0.236 e. The standard InChI is InChI=1S/C11H15ClN2OS/c1-6(11(15)13-2)14-8-3-4-9-7(8)5-10(12)16-9/h5-6,8,14H,3-4H2,1-2H3,(H,13,15)/t6-,8?/m1/s1. The van der Waals surface area contributed by atoms with Gasteiger partial charge in [-0.05, 0) is 31.4 Å². The van der Waals surface area contributed by atoms with E-state index in [9.17, 15) is 4.79 Å². The maximum atomic E-state index is 11.4. The number of carbonyl (C=O) groups excluding carboxylic acids is 1. The van der Waals surface area contributed by atoms with Gasteiger partial charge >= 0.3 is 0 Å². The molecular formula is C11H15ClN2OS. The van der Waals surface area contributed by atoms with Crippen LogP contribution in [0.2, 0.25) is 4.34 Å². The van der Waals surface area contributed by atoms with Crippen molar-refractivity contribution in [2.45, 2.75) is 31.8 Å². The van der Waals surface area contributed by atoms with E-state index in [1.807, 2.05) is 13.0 Å². The Morgan fingerprint density at radius 2 is 2.44 bits per heavy atom. The van der Waals surface area contributed by atoms with Crippen LogP contribution in [0.15, 0.2) is 6.07 Å². The van der Waals surface area contributed by atoms with E-state index in [-0.39, 0.29) is 18.0 Å². The number of hydrogen-bond donors (Lipinski definition) is 2. The number of nitrogens with one attached hydrogen (secondary N) is 2. The molecule has 1 amide bonds. The number of thiophene rings is 1. The van der Waals surface area contributed by atoms with Crippen molar-refractivity contribution in [3.63, 3.8) is 0 Å². The third-order valence-electron chi connectivity index (χ3n) is 2.94. The summed E-state index contributed by atoms with van der Waals surface area (Å²) in [6.45, 7) is 1.88. The molecule has 0 fully saturated rings. The molecule has 1 aromatic heterocycles. The van der Waals surface area contributed by atoms with E-state index in [2.05, 4.69) is 10.6 Å². The molecule has 1 aromatic rings. The molecule has 0 bridgehead atoms. The largest absolute Gasteiger partial charge is 0.358 e. The van der Waals surface area contributed by atoms with Crippen LogP contribution in [-0.4, -0.2) is 19.0 Å². The number of hydrogen-bond acceptors (Lipinski definition) is 3. The molecule has 2 atom stereocenters. The average Bonchev–Trinajstić information content (AvgIpc) is 2.78. The lowest BCUT2D eigenvalue weighted by atomic mass is 10.1. The van der Waals surface area contributed by atoms with E-state index >= 15 is 0 Å². The highest BCUT2D eigenvalue weighted by Gasteiger charge is 2.27. The summed E-state index contributed by atoms with van der Waals surface area (Å²) >= 11 is 7.63. The van der Waals surface area contributed by atoms with Gasteiger partial charge in [-0.25, -0.2) is 0 Å². The Hall–Kier alpha value is -0.580. The predicted molar refractivity (Wildman–Crippen MR) is 67.1 cm³/mol. The molecule has 0 saturated carbocycles.